The van der Waals surface area contributed by atoms with Crippen LogP contribution >= 0.6 is 23.4 Å². The summed E-state index contributed by atoms with van der Waals surface area (Å²) in [5.74, 6) is 0.889. The lowest BCUT2D eigenvalue weighted by Crippen LogP contribution is -2.14. The van der Waals surface area contributed by atoms with Gasteiger partial charge in [-0.3, -0.25) is 9.36 Å². The molecule has 0 atom stereocenters. The minimum Gasteiger partial charge on any atom is -0.497 e. The molecule has 0 aliphatic carbocycles. The van der Waals surface area contributed by atoms with Crippen LogP contribution in [0.2, 0.25) is 5.02 Å². The van der Waals surface area contributed by atoms with Gasteiger partial charge in [0.2, 0.25) is 5.91 Å². The number of anilines is 1. The van der Waals surface area contributed by atoms with Gasteiger partial charge in [-0.15, -0.1) is 0 Å². The molecule has 0 saturated carbocycles. The molecule has 26 heavy (non-hydrogen) atoms. The third kappa shape index (κ3) is 4.39. The number of halogens is 1. The Kier molecular flexibility index (Phi) is 5.85. The number of methoxy groups -OCH3 is 1. The number of carbonyl (C=O) groups is 1. The second-order valence-corrected chi connectivity index (χ2v) is 6.95. The summed E-state index contributed by atoms with van der Waals surface area (Å²) in [4.78, 5) is 16.6. The number of nitrogens with zero attached hydrogens (tertiary/aromatic N) is 2. The fraction of sp³-hybridized carbons (Fsp3) is 0.158. The van der Waals surface area contributed by atoms with Gasteiger partial charge in [-0.05, 0) is 48.9 Å². The Hall–Kier alpha value is -2.44. The molecule has 1 amide bonds. The first-order chi connectivity index (χ1) is 12.6. The molecule has 3 rings (SSSR count). The Balaban J connectivity index is 1.64. The zero-order chi connectivity index (χ0) is 18.5. The first kappa shape index (κ1) is 18.4. The van der Waals surface area contributed by atoms with Crippen molar-refractivity contribution in [3.8, 4) is 11.4 Å². The molecular formula is C19H18ClN3O2S. The lowest BCUT2D eigenvalue weighted by atomic mass is 10.2. The maximum absolute atomic E-state index is 12.2. The van der Waals surface area contributed by atoms with E-state index in [1.807, 2.05) is 54.1 Å². The van der Waals surface area contributed by atoms with Crippen molar-refractivity contribution in [2.45, 2.75) is 12.1 Å². The highest BCUT2D eigenvalue weighted by molar-refractivity contribution is 7.99. The van der Waals surface area contributed by atoms with Crippen LogP contribution in [-0.2, 0) is 4.79 Å². The van der Waals surface area contributed by atoms with Crippen molar-refractivity contribution in [1.29, 1.82) is 0 Å². The van der Waals surface area contributed by atoms with Crippen LogP contribution in [0.25, 0.3) is 5.69 Å². The summed E-state index contributed by atoms with van der Waals surface area (Å²) in [5, 5.41) is 4.10. The molecule has 1 aromatic heterocycles. The Morgan fingerprint density at radius 2 is 2.04 bits per heavy atom. The minimum absolute atomic E-state index is 0.134. The first-order valence-electron chi connectivity index (χ1n) is 7.93. The largest absolute Gasteiger partial charge is 0.497 e. The van der Waals surface area contributed by atoms with Crippen LogP contribution in [0.4, 0.5) is 5.69 Å². The summed E-state index contributed by atoms with van der Waals surface area (Å²) in [7, 11) is 1.63. The maximum atomic E-state index is 12.2. The van der Waals surface area contributed by atoms with Gasteiger partial charge in [0.15, 0.2) is 5.16 Å². The highest BCUT2D eigenvalue weighted by Crippen LogP contribution is 2.25. The number of rotatable bonds is 6. The van der Waals surface area contributed by atoms with E-state index in [-0.39, 0.29) is 11.7 Å². The van der Waals surface area contributed by atoms with Crippen LogP contribution in [0.3, 0.4) is 0 Å². The third-order valence-electron chi connectivity index (χ3n) is 3.69. The van der Waals surface area contributed by atoms with Gasteiger partial charge in [-0.2, -0.15) is 0 Å². The second kappa shape index (κ2) is 8.29. The topological polar surface area (TPSA) is 56.2 Å². The zero-order valence-electron chi connectivity index (χ0n) is 14.4. The molecule has 0 spiro atoms. The molecule has 5 nitrogen and oxygen atoms in total. The van der Waals surface area contributed by atoms with E-state index in [4.69, 9.17) is 16.3 Å². The van der Waals surface area contributed by atoms with Crippen molar-refractivity contribution in [2.24, 2.45) is 0 Å². The van der Waals surface area contributed by atoms with E-state index >= 15 is 0 Å². The maximum Gasteiger partial charge on any atom is 0.234 e. The lowest BCUT2D eigenvalue weighted by Gasteiger charge is -2.10. The average Bonchev–Trinajstić information content (AvgIpc) is 3.11. The number of ether oxygens (including phenoxy) is 1. The Morgan fingerprint density at radius 1 is 1.27 bits per heavy atom. The number of hydrogen-bond acceptors (Lipinski definition) is 4. The second-order valence-electron chi connectivity index (χ2n) is 5.60. The molecule has 2 aromatic carbocycles. The Bertz CT molecular complexity index is 909. The van der Waals surface area contributed by atoms with E-state index in [0.717, 1.165) is 22.2 Å². The van der Waals surface area contributed by atoms with Gasteiger partial charge in [0.05, 0.1) is 23.6 Å². The van der Waals surface area contributed by atoms with Gasteiger partial charge in [0.25, 0.3) is 0 Å². The van der Waals surface area contributed by atoms with Crippen LogP contribution in [-0.4, -0.2) is 28.3 Å². The number of carbonyl (C=O) groups excluding carboxylic acids is 1. The van der Waals surface area contributed by atoms with Crippen molar-refractivity contribution in [3.63, 3.8) is 0 Å². The highest BCUT2D eigenvalue weighted by Gasteiger charge is 2.11. The molecule has 0 radical (unpaired) electrons. The molecule has 0 aliphatic rings. The number of benzene rings is 2. The van der Waals surface area contributed by atoms with Gasteiger partial charge in [0.1, 0.15) is 5.75 Å². The van der Waals surface area contributed by atoms with E-state index in [2.05, 4.69) is 10.3 Å². The van der Waals surface area contributed by atoms with Gasteiger partial charge in [-0.1, -0.05) is 29.4 Å². The summed E-state index contributed by atoms with van der Waals surface area (Å²) in [6, 6.07) is 13.2. The zero-order valence-corrected chi connectivity index (χ0v) is 16.0. The van der Waals surface area contributed by atoms with Crippen LogP contribution in [0.15, 0.2) is 60.0 Å². The third-order valence-corrected chi connectivity index (χ3v) is 4.97. The van der Waals surface area contributed by atoms with Crippen molar-refractivity contribution in [1.82, 2.24) is 9.55 Å². The standard InChI is InChI=1S/C19H18ClN3O2S/c1-13-3-8-17(16(20)11-13)22-18(24)12-26-19-21-9-10-23(19)14-4-6-15(25-2)7-5-14/h3-11H,12H2,1-2H3,(H,22,24). The predicted octanol–water partition coefficient (Wildman–Crippen LogP) is 4.57. The molecule has 0 bridgehead atoms. The fourth-order valence-electron chi connectivity index (χ4n) is 2.37. The lowest BCUT2D eigenvalue weighted by molar-refractivity contribution is -0.113. The van der Waals surface area contributed by atoms with Crippen molar-refractivity contribution >= 4 is 35.0 Å². The molecule has 1 heterocycles. The number of hydrogen-bond donors (Lipinski definition) is 1. The molecule has 134 valence electrons. The van der Waals surface area contributed by atoms with Gasteiger partial charge < -0.3 is 10.1 Å². The fourth-order valence-corrected chi connectivity index (χ4v) is 3.43. The molecule has 0 fully saturated rings. The van der Waals surface area contributed by atoms with Gasteiger partial charge in [0, 0.05) is 18.1 Å². The van der Waals surface area contributed by atoms with Crippen LogP contribution in [0.5, 0.6) is 5.75 Å². The van der Waals surface area contributed by atoms with E-state index in [9.17, 15) is 4.79 Å². The summed E-state index contributed by atoms with van der Waals surface area (Å²) in [6.45, 7) is 1.95. The molecule has 1 N–H and O–H groups in total. The van der Waals surface area contributed by atoms with Crippen LogP contribution in [0.1, 0.15) is 5.56 Å². The number of imidazole rings is 1. The van der Waals surface area contributed by atoms with Crippen LogP contribution < -0.4 is 10.1 Å². The molecule has 7 heteroatoms. The number of nitrogens with one attached hydrogen (secondary N) is 1. The number of aryl methyl sites for hydroxylation is 1. The van der Waals surface area contributed by atoms with Gasteiger partial charge >= 0.3 is 0 Å². The monoisotopic (exact) mass is 387 g/mol. The van der Waals surface area contributed by atoms with E-state index in [0.29, 0.717) is 10.7 Å². The van der Waals surface area contributed by atoms with Crippen molar-refractivity contribution in [2.75, 3.05) is 18.2 Å². The molecular weight excluding hydrogens is 370 g/mol. The summed E-state index contributed by atoms with van der Waals surface area (Å²) in [5.41, 5.74) is 2.61. The Morgan fingerprint density at radius 3 is 2.73 bits per heavy atom. The normalized spacial score (nSPS) is 10.6. The summed E-state index contributed by atoms with van der Waals surface area (Å²) >= 11 is 7.52. The van der Waals surface area contributed by atoms with E-state index in [1.54, 1.807) is 19.4 Å². The summed E-state index contributed by atoms with van der Waals surface area (Å²) < 4.78 is 7.10. The number of thioether (sulfide) groups is 1. The van der Waals surface area contributed by atoms with Gasteiger partial charge in [-0.25, -0.2) is 4.98 Å². The molecule has 3 aromatic rings. The van der Waals surface area contributed by atoms with Crippen molar-refractivity contribution in [3.05, 3.63) is 65.4 Å². The number of aromatic nitrogens is 2. The number of amides is 1. The van der Waals surface area contributed by atoms with Crippen molar-refractivity contribution < 1.29 is 9.53 Å². The van der Waals surface area contributed by atoms with E-state index < -0.39 is 0 Å². The quantitative estimate of drug-likeness (QED) is 0.629. The average molecular weight is 388 g/mol. The predicted molar refractivity (Wildman–Crippen MR) is 106 cm³/mol. The SMILES string of the molecule is COc1ccc(-n2ccnc2SCC(=O)Nc2ccc(C)cc2Cl)cc1. The smallest absolute Gasteiger partial charge is 0.234 e. The molecule has 0 unspecified atom stereocenters. The molecule has 0 aliphatic heterocycles. The molecule has 0 saturated heterocycles. The summed E-state index contributed by atoms with van der Waals surface area (Å²) in [6.07, 6.45) is 3.57. The minimum atomic E-state index is -0.134. The Labute approximate surface area is 161 Å². The first-order valence-corrected chi connectivity index (χ1v) is 9.30. The van der Waals surface area contributed by atoms with Crippen LogP contribution in [0, 0.1) is 6.92 Å². The van der Waals surface area contributed by atoms with E-state index in [1.165, 1.54) is 11.8 Å². The highest BCUT2D eigenvalue weighted by atomic mass is 35.5.